The van der Waals surface area contributed by atoms with Gasteiger partial charge < -0.3 is 10.5 Å². The number of esters is 1. The second kappa shape index (κ2) is 11.0. The van der Waals surface area contributed by atoms with Crippen molar-refractivity contribution in [3.63, 3.8) is 0 Å². The molecule has 200 valence electrons. The van der Waals surface area contributed by atoms with E-state index in [0.717, 1.165) is 16.3 Å². The van der Waals surface area contributed by atoms with Crippen LogP contribution < -0.4 is 15.8 Å². The van der Waals surface area contributed by atoms with Gasteiger partial charge in [0.05, 0.1) is 24.1 Å². The Bertz CT molecular complexity index is 1650. The monoisotopic (exact) mass is 543 g/mol. The van der Waals surface area contributed by atoms with E-state index in [1.54, 1.807) is 36.4 Å². The van der Waals surface area contributed by atoms with Crippen molar-refractivity contribution in [3.05, 3.63) is 108 Å². The highest BCUT2D eigenvalue weighted by Crippen LogP contribution is 2.29. The molecule has 39 heavy (non-hydrogen) atoms. The Balaban J connectivity index is 1.52. The molecule has 5 rings (SSSR count). The summed E-state index contributed by atoms with van der Waals surface area (Å²) in [5, 5.41) is 4.77. The number of rotatable bonds is 8. The smallest absolute Gasteiger partial charge is 0.323 e. The molecule has 1 heterocycles. The summed E-state index contributed by atoms with van der Waals surface area (Å²) in [5.74, 6) is -0.908. The first-order chi connectivity index (χ1) is 18.7. The Hall–Kier alpha value is -4.05. The Morgan fingerprint density at radius 1 is 0.974 bits per heavy atom. The normalized spacial score (nSPS) is 17.8. The molecule has 9 heteroatoms. The molecule has 4 aromatic rings. The highest BCUT2D eigenvalue weighted by molar-refractivity contribution is 7.89. The van der Waals surface area contributed by atoms with Crippen molar-refractivity contribution < 1.29 is 22.7 Å². The van der Waals surface area contributed by atoms with Gasteiger partial charge >= 0.3 is 5.97 Å². The summed E-state index contributed by atoms with van der Waals surface area (Å²) in [5.41, 5.74) is 8.69. The summed E-state index contributed by atoms with van der Waals surface area (Å²) in [4.78, 5) is 26.6. The standard InChI is InChI=1S/C30H29N3O5S/c1-38-30(35)27-18-22-10-4-5-12-25(22)28(32-27)29(34)26(16-19-7-6-11-23(31)15-19)33-39(36,37)24-14-13-20-8-2-3-9-21(20)17-24/h2-15,17,26-28,32-33H,16,18,31H2,1H3/t26-,27?,28?/m0/s1. The third-order valence-electron chi connectivity index (χ3n) is 6.99. The summed E-state index contributed by atoms with van der Waals surface area (Å²) < 4.78 is 34.8. The number of methoxy groups -OCH3 is 1. The van der Waals surface area contributed by atoms with Crippen LogP contribution >= 0.6 is 0 Å². The number of hydrogen-bond donors (Lipinski definition) is 3. The maximum Gasteiger partial charge on any atom is 0.323 e. The lowest BCUT2D eigenvalue weighted by atomic mass is 9.85. The molecule has 0 amide bonds. The summed E-state index contributed by atoms with van der Waals surface area (Å²) >= 11 is 0. The van der Waals surface area contributed by atoms with Crippen LogP contribution in [0.25, 0.3) is 10.8 Å². The van der Waals surface area contributed by atoms with Crippen molar-refractivity contribution in [2.45, 2.75) is 35.9 Å². The van der Waals surface area contributed by atoms with Crippen molar-refractivity contribution in [2.24, 2.45) is 0 Å². The predicted octanol–water partition coefficient (Wildman–Crippen LogP) is 3.31. The van der Waals surface area contributed by atoms with Gasteiger partial charge in [0.2, 0.25) is 10.0 Å². The third-order valence-corrected chi connectivity index (χ3v) is 8.46. The van der Waals surface area contributed by atoms with E-state index in [4.69, 9.17) is 10.5 Å². The molecule has 0 saturated heterocycles. The van der Waals surface area contributed by atoms with Gasteiger partial charge in [-0.25, -0.2) is 13.1 Å². The molecule has 2 unspecified atom stereocenters. The van der Waals surface area contributed by atoms with Crippen molar-refractivity contribution in [3.8, 4) is 0 Å². The summed E-state index contributed by atoms with van der Waals surface area (Å²) in [7, 11) is -2.80. The van der Waals surface area contributed by atoms with Crippen molar-refractivity contribution in [1.29, 1.82) is 0 Å². The number of anilines is 1. The van der Waals surface area contributed by atoms with E-state index in [2.05, 4.69) is 10.0 Å². The Labute approximate surface area is 227 Å². The van der Waals surface area contributed by atoms with Crippen molar-refractivity contribution in [1.82, 2.24) is 10.0 Å². The van der Waals surface area contributed by atoms with Gasteiger partial charge in [-0.2, -0.15) is 0 Å². The van der Waals surface area contributed by atoms with Crippen molar-refractivity contribution >= 4 is 38.2 Å². The predicted molar refractivity (Wildman–Crippen MR) is 149 cm³/mol. The molecular formula is C30H29N3O5S. The van der Waals surface area contributed by atoms with Crippen LogP contribution in [0.3, 0.4) is 0 Å². The lowest BCUT2D eigenvalue weighted by Crippen LogP contribution is -2.53. The van der Waals surface area contributed by atoms with E-state index >= 15 is 0 Å². The zero-order chi connectivity index (χ0) is 27.6. The van der Waals surface area contributed by atoms with Gasteiger partial charge in [0.15, 0.2) is 5.78 Å². The number of ketones is 1. The molecule has 0 fully saturated rings. The zero-order valence-electron chi connectivity index (χ0n) is 21.3. The van der Waals surface area contributed by atoms with Crippen molar-refractivity contribution in [2.75, 3.05) is 12.8 Å². The van der Waals surface area contributed by atoms with Crippen LogP contribution in [0.15, 0.2) is 95.9 Å². The topological polar surface area (TPSA) is 128 Å². The van der Waals surface area contributed by atoms with Gasteiger partial charge in [-0.3, -0.25) is 14.9 Å². The molecule has 4 N–H and O–H groups in total. The number of Topliss-reactive ketones (excluding diaryl/α,β-unsaturated/α-hetero) is 1. The quantitative estimate of drug-likeness (QED) is 0.230. The molecule has 0 aliphatic carbocycles. The van der Waals surface area contributed by atoms with E-state index in [-0.39, 0.29) is 11.3 Å². The van der Waals surface area contributed by atoms with Gasteiger partial charge in [-0.05, 0) is 64.6 Å². The zero-order valence-corrected chi connectivity index (χ0v) is 22.1. The molecule has 0 saturated carbocycles. The maximum absolute atomic E-state index is 14.2. The molecule has 0 spiro atoms. The minimum absolute atomic E-state index is 0.0519. The number of nitrogen functional groups attached to an aromatic ring is 1. The van der Waals surface area contributed by atoms with Gasteiger partial charge in [0, 0.05) is 5.69 Å². The molecule has 1 aliphatic rings. The molecule has 3 atom stereocenters. The third kappa shape index (κ3) is 5.70. The second-order valence-corrected chi connectivity index (χ2v) is 11.3. The van der Waals surface area contributed by atoms with Gasteiger partial charge in [0.25, 0.3) is 0 Å². The van der Waals surface area contributed by atoms with E-state index in [1.165, 1.54) is 13.2 Å². The summed E-state index contributed by atoms with van der Waals surface area (Å²) in [6.07, 6.45) is 0.426. The van der Waals surface area contributed by atoms with Gasteiger partial charge in [-0.15, -0.1) is 0 Å². The summed E-state index contributed by atoms with van der Waals surface area (Å²) in [6, 6.07) is 23.8. The Morgan fingerprint density at radius 3 is 2.49 bits per heavy atom. The molecule has 0 bridgehead atoms. The van der Waals surface area contributed by atoms with Crippen LogP contribution in [-0.2, 0) is 37.2 Å². The minimum atomic E-state index is -4.10. The number of carbonyl (C=O) groups excluding carboxylic acids is 2. The van der Waals surface area contributed by atoms with E-state index in [9.17, 15) is 18.0 Å². The first-order valence-electron chi connectivity index (χ1n) is 12.6. The van der Waals surface area contributed by atoms with Crippen LogP contribution in [0.2, 0.25) is 0 Å². The number of ether oxygens (including phenoxy) is 1. The number of carbonyl (C=O) groups is 2. The summed E-state index contributed by atoms with van der Waals surface area (Å²) in [6.45, 7) is 0. The fraction of sp³-hybridized carbons (Fsp3) is 0.200. The maximum atomic E-state index is 14.2. The lowest BCUT2D eigenvalue weighted by Gasteiger charge is -2.33. The number of nitrogens with one attached hydrogen (secondary N) is 2. The highest BCUT2D eigenvalue weighted by Gasteiger charge is 2.38. The van der Waals surface area contributed by atoms with Crippen LogP contribution in [0.5, 0.6) is 0 Å². The number of benzene rings is 4. The fourth-order valence-electron chi connectivity index (χ4n) is 5.05. The van der Waals surface area contributed by atoms with Crippen LogP contribution in [-0.4, -0.2) is 39.4 Å². The van der Waals surface area contributed by atoms with E-state index in [1.807, 2.05) is 48.5 Å². The first-order valence-corrected chi connectivity index (χ1v) is 14.0. The van der Waals surface area contributed by atoms with Gasteiger partial charge in [-0.1, -0.05) is 66.7 Å². The lowest BCUT2D eigenvalue weighted by molar-refractivity contribution is -0.143. The molecule has 4 aromatic carbocycles. The highest BCUT2D eigenvalue weighted by atomic mass is 32.2. The van der Waals surface area contributed by atoms with E-state index in [0.29, 0.717) is 23.2 Å². The molecule has 8 nitrogen and oxygen atoms in total. The van der Waals surface area contributed by atoms with Crippen LogP contribution in [0, 0.1) is 0 Å². The van der Waals surface area contributed by atoms with Gasteiger partial charge in [0.1, 0.15) is 6.04 Å². The molecule has 1 aliphatic heterocycles. The molecule has 0 aromatic heterocycles. The average Bonchev–Trinajstić information content (AvgIpc) is 2.95. The average molecular weight is 544 g/mol. The molecular weight excluding hydrogens is 514 g/mol. The Kier molecular flexibility index (Phi) is 7.47. The fourth-order valence-corrected chi connectivity index (χ4v) is 6.29. The largest absolute Gasteiger partial charge is 0.468 e. The molecule has 0 radical (unpaired) electrons. The number of fused-ring (bicyclic) bond motifs is 2. The van der Waals surface area contributed by atoms with Crippen LogP contribution in [0.1, 0.15) is 22.7 Å². The van der Waals surface area contributed by atoms with E-state index < -0.39 is 39.9 Å². The second-order valence-electron chi connectivity index (χ2n) is 9.61. The van der Waals surface area contributed by atoms with Crippen LogP contribution in [0.4, 0.5) is 5.69 Å². The SMILES string of the molecule is COC(=O)C1Cc2ccccc2C(C(=O)[C@H](Cc2cccc(N)c2)NS(=O)(=O)c2ccc3ccccc3c2)N1. The minimum Gasteiger partial charge on any atom is -0.468 e. The number of nitrogens with two attached hydrogens (primary N) is 1. The Morgan fingerprint density at radius 2 is 1.72 bits per heavy atom. The number of sulfonamides is 1. The first kappa shape index (κ1) is 26.6. The number of hydrogen-bond acceptors (Lipinski definition) is 7.